The second-order valence-corrected chi connectivity index (χ2v) is 4.74. The van der Waals surface area contributed by atoms with Crippen molar-refractivity contribution in [3.63, 3.8) is 0 Å². The van der Waals surface area contributed by atoms with Gasteiger partial charge in [-0.1, -0.05) is 19.9 Å². The summed E-state index contributed by atoms with van der Waals surface area (Å²) >= 11 is 0. The van der Waals surface area contributed by atoms with Crippen LogP contribution in [-0.2, 0) is 13.6 Å². The summed E-state index contributed by atoms with van der Waals surface area (Å²) in [6.07, 6.45) is 3.65. The van der Waals surface area contributed by atoms with Crippen LogP contribution in [0.3, 0.4) is 0 Å². The SMILES string of the molecule is CC(C)NCc1ccc(F)cc1-c1cnn(C)c1. The van der Waals surface area contributed by atoms with E-state index in [1.165, 1.54) is 6.07 Å². The van der Waals surface area contributed by atoms with Gasteiger partial charge in [-0.15, -0.1) is 0 Å². The van der Waals surface area contributed by atoms with E-state index in [0.29, 0.717) is 6.04 Å². The molecule has 2 aromatic rings. The maximum absolute atomic E-state index is 13.4. The van der Waals surface area contributed by atoms with Gasteiger partial charge in [0.1, 0.15) is 5.82 Å². The highest BCUT2D eigenvalue weighted by Gasteiger charge is 2.08. The lowest BCUT2D eigenvalue weighted by Crippen LogP contribution is -2.22. The summed E-state index contributed by atoms with van der Waals surface area (Å²) in [6.45, 7) is 4.91. The summed E-state index contributed by atoms with van der Waals surface area (Å²) in [7, 11) is 1.86. The summed E-state index contributed by atoms with van der Waals surface area (Å²) in [5, 5.41) is 7.48. The minimum atomic E-state index is -0.220. The zero-order chi connectivity index (χ0) is 13.1. The predicted molar refractivity (Wildman–Crippen MR) is 70.6 cm³/mol. The van der Waals surface area contributed by atoms with E-state index in [4.69, 9.17) is 0 Å². The fraction of sp³-hybridized carbons (Fsp3) is 0.357. The summed E-state index contributed by atoms with van der Waals surface area (Å²) in [4.78, 5) is 0. The molecule has 0 amide bonds. The van der Waals surface area contributed by atoms with Crippen molar-refractivity contribution in [2.75, 3.05) is 0 Å². The van der Waals surface area contributed by atoms with Crippen molar-refractivity contribution in [3.8, 4) is 11.1 Å². The lowest BCUT2D eigenvalue weighted by atomic mass is 10.0. The van der Waals surface area contributed by atoms with Crippen LogP contribution in [0.1, 0.15) is 19.4 Å². The van der Waals surface area contributed by atoms with E-state index < -0.39 is 0 Å². The highest BCUT2D eigenvalue weighted by atomic mass is 19.1. The number of halogens is 1. The molecule has 1 aromatic carbocycles. The van der Waals surface area contributed by atoms with Gasteiger partial charge in [-0.2, -0.15) is 5.10 Å². The van der Waals surface area contributed by atoms with E-state index in [1.54, 1.807) is 16.9 Å². The number of nitrogens with zero attached hydrogens (tertiary/aromatic N) is 2. The molecule has 0 aliphatic rings. The Kier molecular flexibility index (Phi) is 3.77. The van der Waals surface area contributed by atoms with Crippen molar-refractivity contribution < 1.29 is 4.39 Å². The van der Waals surface area contributed by atoms with Crippen LogP contribution in [0.25, 0.3) is 11.1 Å². The van der Waals surface area contributed by atoms with E-state index in [-0.39, 0.29) is 5.82 Å². The molecule has 0 aliphatic carbocycles. The lowest BCUT2D eigenvalue weighted by molar-refractivity contribution is 0.587. The Bertz CT molecular complexity index is 532. The molecule has 0 unspecified atom stereocenters. The maximum Gasteiger partial charge on any atom is 0.123 e. The Morgan fingerprint density at radius 3 is 2.78 bits per heavy atom. The summed E-state index contributed by atoms with van der Waals surface area (Å²) in [5.41, 5.74) is 2.92. The van der Waals surface area contributed by atoms with Gasteiger partial charge in [0.25, 0.3) is 0 Å². The van der Waals surface area contributed by atoms with Gasteiger partial charge in [-0.05, 0) is 23.3 Å². The van der Waals surface area contributed by atoms with Gasteiger partial charge in [0.05, 0.1) is 6.20 Å². The van der Waals surface area contributed by atoms with Gasteiger partial charge in [-0.3, -0.25) is 4.68 Å². The van der Waals surface area contributed by atoms with E-state index in [9.17, 15) is 4.39 Å². The van der Waals surface area contributed by atoms with Crippen molar-refractivity contribution in [2.45, 2.75) is 26.4 Å². The van der Waals surface area contributed by atoms with E-state index in [2.05, 4.69) is 24.3 Å². The maximum atomic E-state index is 13.4. The smallest absolute Gasteiger partial charge is 0.123 e. The second kappa shape index (κ2) is 5.31. The molecule has 1 heterocycles. The summed E-state index contributed by atoms with van der Waals surface area (Å²) in [6, 6.07) is 5.29. The Labute approximate surface area is 107 Å². The minimum absolute atomic E-state index is 0.220. The average Bonchev–Trinajstić information content (AvgIpc) is 2.74. The number of hydrogen-bond acceptors (Lipinski definition) is 2. The van der Waals surface area contributed by atoms with Gasteiger partial charge < -0.3 is 5.32 Å². The largest absolute Gasteiger partial charge is 0.310 e. The molecule has 1 aromatic heterocycles. The number of benzene rings is 1. The summed E-state index contributed by atoms with van der Waals surface area (Å²) < 4.78 is 15.1. The van der Waals surface area contributed by atoms with Gasteiger partial charge in [-0.25, -0.2) is 4.39 Å². The van der Waals surface area contributed by atoms with E-state index in [1.807, 2.05) is 19.3 Å². The molecular formula is C14H18FN3. The van der Waals surface area contributed by atoms with Crippen molar-refractivity contribution >= 4 is 0 Å². The lowest BCUT2D eigenvalue weighted by Gasteiger charge is -2.12. The highest BCUT2D eigenvalue weighted by molar-refractivity contribution is 5.66. The van der Waals surface area contributed by atoms with Gasteiger partial charge >= 0.3 is 0 Å². The molecule has 0 atom stereocenters. The molecule has 0 saturated heterocycles. The zero-order valence-electron chi connectivity index (χ0n) is 10.9. The molecule has 4 heteroatoms. The Morgan fingerprint density at radius 2 is 2.17 bits per heavy atom. The first kappa shape index (κ1) is 12.8. The second-order valence-electron chi connectivity index (χ2n) is 4.74. The van der Waals surface area contributed by atoms with Crippen LogP contribution in [0.2, 0.25) is 0 Å². The number of nitrogens with one attached hydrogen (secondary N) is 1. The molecule has 0 bridgehead atoms. The summed E-state index contributed by atoms with van der Waals surface area (Å²) in [5.74, 6) is -0.220. The first-order valence-corrected chi connectivity index (χ1v) is 6.07. The standard InChI is InChI=1S/C14H18FN3/c1-10(2)16-7-11-4-5-13(15)6-14(11)12-8-17-18(3)9-12/h4-6,8-10,16H,7H2,1-3H3. The Hall–Kier alpha value is -1.68. The van der Waals surface area contributed by atoms with Crippen molar-refractivity contribution in [3.05, 3.63) is 42.0 Å². The molecule has 0 saturated carbocycles. The monoisotopic (exact) mass is 247 g/mol. The highest BCUT2D eigenvalue weighted by Crippen LogP contribution is 2.24. The molecule has 0 fully saturated rings. The Balaban J connectivity index is 2.34. The zero-order valence-corrected chi connectivity index (χ0v) is 10.9. The van der Waals surface area contributed by atoms with Gasteiger partial charge in [0, 0.05) is 31.4 Å². The molecule has 0 spiro atoms. The van der Waals surface area contributed by atoms with Gasteiger partial charge in [0.2, 0.25) is 0 Å². The number of hydrogen-bond donors (Lipinski definition) is 1. The normalized spacial score (nSPS) is 11.2. The average molecular weight is 247 g/mol. The van der Waals surface area contributed by atoms with Crippen molar-refractivity contribution in [2.24, 2.45) is 7.05 Å². The molecule has 2 rings (SSSR count). The Morgan fingerprint density at radius 1 is 1.39 bits per heavy atom. The topological polar surface area (TPSA) is 29.9 Å². The fourth-order valence-corrected chi connectivity index (χ4v) is 1.85. The van der Waals surface area contributed by atoms with Crippen molar-refractivity contribution in [1.29, 1.82) is 0 Å². The molecule has 96 valence electrons. The fourth-order valence-electron chi connectivity index (χ4n) is 1.85. The number of aromatic nitrogens is 2. The first-order valence-electron chi connectivity index (χ1n) is 6.07. The first-order chi connectivity index (χ1) is 8.56. The van der Waals surface area contributed by atoms with Crippen LogP contribution < -0.4 is 5.32 Å². The quantitative estimate of drug-likeness (QED) is 0.900. The molecule has 0 radical (unpaired) electrons. The van der Waals surface area contributed by atoms with E-state index in [0.717, 1.165) is 23.2 Å². The van der Waals surface area contributed by atoms with Gasteiger partial charge in [0.15, 0.2) is 0 Å². The molecule has 1 N–H and O–H groups in total. The van der Waals surface area contributed by atoms with Crippen LogP contribution >= 0.6 is 0 Å². The predicted octanol–water partition coefficient (Wildman–Crippen LogP) is 2.72. The number of aryl methyl sites for hydroxylation is 1. The minimum Gasteiger partial charge on any atom is -0.310 e. The molecule has 3 nitrogen and oxygen atoms in total. The third kappa shape index (κ3) is 2.96. The molecule has 18 heavy (non-hydrogen) atoms. The molecular weight excluding hydrogens is 229 g/mol. The molecule has 0 aliphatic heterocycles. The van der Waals surface area contributed by atoms with Crippen LogP contribution in [-0.4, -0.2) is 15.8 Å². The third-order valence-corrected chi connectivity index (χ3v) is 2.79. The van der Waals surface area contributed by atoms with Crippen LogP contribution in [0.4, 0.5) is 4.39 Å². The third-order valence-electron chi connectivity index (χ3n) is 2.79. The van der Waals surface area contributed by atoms with Crippen LogP contribution in [0, 0.1) is 5.82 Å². The van der Waals surface area contributed by atoms with Crippen LogP contribution in [0.15, 0.2) is 30.6 Å². The number of rotatable bonds is 4. The van der Waals surface area contributed by atoms with Crippen molar-refractivity contribution in [1.82, 2.24) is 15.1 Å². The van der Waals surface area contributed by atoms with Crippen LogP contribution in [0.5, 0.6) is 0 Å². The van der Waals surface area contributed by atoms with E-state index >= 15 is 0 Å².